The van der Waals surface area contributed by atoms with E-state index in [0.717, 1.165) is 21.7 Å². The molecule has 3 aromatic rings. The molecule has 0 radical (unpaired) electrons. The number of aliphatic hydroxyl groups is 1. The molecule has 2 aromatic heterocycles. The first-order chi connectivity index (χ1) is 18.2. The molecule has 0 saturated carbocycles. The molecule has 1 fully saturated rings. The van der Waals surface area contributed by atoms with Crippen molar-refractivity contribution in [3.63, 3.8) is 0 Å². The van der Waals surface area contributed by atoms with E-state index < -0.39 is 18.2 Å². The third-order valence-corrected chi connectivity index (χ3v) is 8.19. The van der Waals surface area contributed by atoms with Crippen LogP contribution in [0.5, 0.6) is 0 Å². The quantitative estimate of drug-likeness (QED) is 0.483. The topological polar surface area (TPSA) is 116 Å². The van der Waals surface area contributed by atoms with Gasteiger partial charge >= 0.3 is 0 Å². The summed E-state index contributed by atoms with van der Waals surface area (Å²) in [6, 6.07) is 9.78. The molecular formula is C28H31N5O4S. The predicted octanol–water partition coefficient (Wildman–Crippen LogP) is 2.77. The molecule has 0 unspecified atom stereocenters. The molecule has 1 saturated heterocycles. The highest BCUT2D eigenvalue weighted by Gasteiger charge is 2.46. The molecule has 38 heavy (non-hydrogen) atoms. The van der Waals surface area contributed by atoms with Crippen LogP contribution in [-0.2, 0) is 22.7 Å². The third kappa shape index (κ3) is 4.93. The van der Waals surface area contributed by atoms with Gasteiger partial charge in [0.1, 0.15) is 12.1 Å². The van der Waals surface area contributed by atoms with E-state index in [2.05, 4.69) is 15.3 Å². The number of hydrogen-bond acceptors (Lipinski definition) is 7. The monoisotopic (exact) mass is 533 g/mol. The van der Waals surface area contributed by atoms with Gasteiger partial charge < -0.3 is 20.2 Å². The molecular weight excluding hydrogens is 502 g/mol. The van der Waals surface area contributed by atoms with Crippen molar-refractivity contribution >= 4 is 29.1 Å². The van der Waals surface area contributed by atoms with Crippen LogP contribution < -0.4 is 5.32 Å². The van der Waals surface area contributed by atoms with Crippen molar-refractivity contribution in [2.75, 3.05) is 6.54 Å². The van der Waals surface area contributed by atoms with Gasteiger partial charge in [-0.2, -0.15) is 0 Å². The zero-order valence-corrected chi connectivity index (χ0v) is 22.4. The van der Waals surface area contributed by atoms with E-state index in [1.165, 1.54) is 9.80 Å². The van der Waals surface area contributed by atoms with E-state index in [1.54, 1.807) is 29.7 Å². The Labute approximate surface area is 225 Å². The summed E-state index contributed by atoms with van der Waals surface area (Å²) in [6.07, 6.45) is 0.979. The maximum atomic E-state index is 13.8. The maximum Gasteiger partial charge on any atom is 0.256 e. The molecule has 198 valence electrons. The lowest BCUT2D eigenvalue weighted by atomic mass is 10.0. The number of nitrogens with one attached hydrogen (secondary N) is 1. The van der Waals surface area contributed by atoms with Crippen LogP contribution in [0.4, 0.5) is 0 Å². The maximum absolute atomic E-state index is 13.8. The zero-order valence-electron chi connectivity index (χ0n) is 21.6. The Hall–Kier alpha value is -3.63. The Morgan fingerprint density at radius 2 is 1.95 bits per heavy atom. The zero-order chi connectivity index (χ0) is 27.0. The van der Waals surface area contributed by atoms with Gasteiger partial charge in [0.2, 0.25) is 11.8 Å². The molecule has 10 heteroatoms. The minimum Gasteiger partial charge on any atom is -0.391 e. The number of carbonyl (C=O) groups excluding carboxylic acids is 3. The van der Waals surface area contributed by atoms with Crippen LogP contribution in [0.3, 0.4) is 0 Å². The number of hydrogen-bond donors (Lipinski definition) is 2. The number of thiazole rings is 1. The Bertz CT molecular complexity index is 1360. The van der Waals surface area contributed by atoms with Gasteiger partial charge in [0, 0.05) is 25.7 Å². The number of aromatic nitrogens is 2. The highest BCUT2D eigenvalue weighted by Crippen LogP contribution is 2.30. The molecule has 0 aliphatic carbocycles. The van der Waals surface area contributed by atoms with Crippen molar-refractivity contribution in [3.05, 3.63) is 70.6 Å². The van der Waals surface area contributed by atoms with Crippen molar-refractivity contribution in [1.29, 1.82) is 0 Å². The minimum absolute atomic E-state index is 0.0519. The average molecular weight is 534 g/mol. The Kier molecular flexibility index (Phi) is 7.27. The number of aryl methyl sites for hydroxylation is 1. The van der Waals surface area contributed by atoms with Gasteiger partial charge in [-0.3, -0.25) is 19.4 Å². The summed E-state index contributed by atoms with van der Waals surface area (Å²) >= 11 is 1.59. The molecule has 1 aromatic carbocycles. The molecule has 2 N–H and O–H groups in total. The molecule has 0 spiro atoms. The number of benzene rings is 1. The van der Waals surface area contributed by atoms with Crippen LogP contribution in [0.1, 0.15) is 47.6 Å². The van der Waals surface area contributed by atoms with Gasteiger partial charge in [0.15, 0.2) is 0 Å². The molecule has 2 aliphatic heterocycles. The minimum atomic E-state index is -0.809. The van der Waals surface area contributed by atoms with Crippen LogP contribution in [0.25, 0.3) is 10.4 Å². The van der Waals surface area contributed by atoms with E-state index in [4.69, 9.17) is 0 Å². The van der Waals surface area contributed by atoms with Gasteiger partial charge in [0.05, 0.1) is 40.0 Å². The average Bonchev–Trinajstić information content (AvgIpc) is 3.60. The fourth-order valence-corrected chi connectivity index (χ4v) is 6.10. The summed E-state index contributed by atoms with van der Waals surface area (Å²) in [5.74, 6) is -1.08. The smallest absolute Gasteiger partial charge is 0.256 e. The lowest BCUT2D eigenvalue weighted by Gasteiger charge is -2.35. The number of amides is 3. The van der Waals surface area contributed by atoms with Crippen molar-refractivity contribution in [2.45, 2.75) is 58.5 Å². The highest BCUT2D eigenvalue weighted by atomic mass is 32.1. The molecule has 9 nitrogen and oxygen atoms in total. The van der Waals surface area contributed by atoms with E-state index in [0.29, 0.717) is 17.8 Å². The number of β-amino-alcohol motifs (C(OH)–C–C–N with tert-alkyl or cyclic N) is 1. The Morgan fingerprint density at radius 3 is 2.61 bits per heavy atom. The molecule has 2 aliphatic rings. The lowest BCUT2D eigenvalue weighted by Crippen LogP contribution is -2.55. The summed E-state index contributed by atoms with van der Waals surface area (Å²) in [4.78, 5) is 52.8. The number of carbonyl (C=O) groups is 3. The second-order valence-corrected chi connectivity index (χ2v) is 11.1. The van der Waals surface area contributed by atoms with Gasteiger partial charge in [-0.25, -0.2) is 4.98 Å². The first-order valence-corrected chi connectivity index (χ1v) is 13.6. The van der Waals surface area contributed by atoms with Gasteiger partial charge in [-0.15, -0.1) is 11.3 Å². The summed E-state index contributed by atoms with van der Waals surface area (Å²) in [5, 5.41) is 13.3. The number of fused-ring (bicyclic) bond motifs is 1. The number of pyridine rings is 1. The number of rotatable bonds is 7. The Morgan fingerprint density at radius 1 is 1.18 bits per heavy atom. The van der Waals surface area contributed by atoms with Crippen molar-refractivity contribution in [3.8, 4) is 10.4 Å². The van der Waals surface area contributed by atoms with Crippen LogP contribution in [0, 0.1) is 12.8 Å². The summed E-state index contributed by atoms with van der Waals surface area (Å²) in [5.41, 5.74) is 5.94. The van der Waals surface area contributed by atoms with Crippen LogP contribution >= 0.6 is 11.3 Å². The molecule has 3 amide bonds. The fraction of sp³-hybridized carbons (Fsp3) is 0.393. The summed E-state index contributed by atoms with van der Waals surface area (Å²) in [6.45, 7) is 6.33. The van der Waals surface area contributed by atoms with Gasteiger partial charge in [-0.1, -0.05) is 38.1 Å². The fourth-order valence-electron chi connectivity index (χ4n) is 5.29. The largest absolute Gasteiger partial charge is 0.391 e. The summed E-state index contributed by atoms with van der Waals surface area (Å²) < 4.78 is 0. The van der Waals surface area contributed by atoms with E-state index >= 15 is 0 Å². The van der Waals surface area contributed by atoms with E-state index in [-0.39, 0.29) is 43.1 Å². The number of nitrogens with zero attached hydrogens (tertiary/aromatic N) is 4. The second kappa shape index (κ2) is 10.6. The number of likely N-dealkylation sites (tertiary alicyclic amines) is 1. The van der Waals surface area contributed by atoms with Gasteiger partial charge in [0.25, 0.3) is 5.91 Å². The van der Waals surface area contributed by atoms with Crippen molar-refractivity contribution in [1.82, 2.24) is 25.1 Å². The first-order valence-electron chi connectivity index (χ1n) is 12.7. The predicted molar refractivity (Wildman–Crippen MR) is 143 cm³/mol. The Balaban J connectivity index is 1.27. The lowest BCUT2D eigenvalue weighted by molar-refractivity contribution is -0.143. The standard InChI is InChI=1S/C28H31N5O4S/c1-16(2)24(33-14-22-21(27(33)36)5-4-10-29-22)28(37)32-13-20(34)11-23(32)26(35)30-12-18-6-8-19(9-7-18)25-17(3)31-15-38-25/h4-10,15-16,20,23-24,34H,11-14H2,1-3H3,(H,30,35)/t20-,23+,24+/m1/s1. The normalized spacial score (nSPS) is 19.7. The summed E-state index contributed by atoms with van der Waals surface area (Å²) in [7, 11) is 0. The highest BCUT2D eigenvalue weighted by molar-refractivity contribution is 7.13. The van der Waals surface area contributed by atoms with Crippen LogP contribution in [0.15, 0.2) is 48.1 Å². The molecule has 4 heterocycles. The van der Waals surface area contributed by atoms with E-state index in [9.17, 15) is 19.5 Å². The molecule has 0 bridgehead atoms. The van der Waals surface area contributed by atoms with E-state index in [1.807, 2.05) is 50.5 Å². The molecule has 3 atom stereocenters. The van der Waals surface area contributed by atoms with Crippen LogP contribution in [0.2, 0.25) is 0 Å². The van der Waals surface area contributed by atoms with Crippen molar-refractivity contribution in [2.24, 2.45) is 5.92 Å². The third-order valence-electron chi connectivity index (χ3n) is 7.22. The number of aliphatic hydroxyl groups excluding tert-OH is 1. The van der Waals surface area contributed by atoms with Gasteiger partial charge in [-0.05, 0) is 36.1 Å². The second-order valence-electron chi connectivity index (χ2n) is 10.2. The first kappa shape index (κ1) is 26.0. The van der Waals surface area contributed by atoms with Crippen molar-refractivity contribution < 1.29 is 19.5 Å². The van der Waals surface area contributed by atoms with Crippen LogP contribution in [-0.4, -0.2) is 67.3 Å². The SMILES string of the molecule is Cc1ncsc1-c1ccc(CNC(=O)[C@@H]2C[C@@H](O)CN2C(=O)[C@H](C(C)C)N2Cc3ncccc3C2=O)cc1. The molecule has 5 rings (SSSR count).